The molecule has 2 atom stereocenters. The zero-order valence-electron chi connectivity index (χ0n) is 14.3. The number of nitrogens with zero attached hydrogens (tertiary/aromatic N) is 1. The Balaban J connectivity index is 1.43. The van der Waals surface area contributed by atoms with Crippen molar-refractivity contribution in [3.63, 3.8) is 0 Å². The van der Waals surface area contributed by atoms with Gasteiger partial charge in [0.1, 0.15) is 6.10 Å². The number of hydrogen-bond acceptors (Lipinski definition) is 4. The molecule has 1 N–H and O–H groups in total. The highest BCUT2D eigenvalue weighted by atomic mass is 16.6. The van der Waals surface area contributed by atoms with Gasteiger partial charge in [-0.25, -0.2) is 0 Å². The summed E-state index contributed by atoms with van der Waals surface area (Å²) in [5, 5.41) is 2.93. The van der Waals surface area contributed by atoms with E-state index in [9.17, 15) is 4.79 Å². The highest BCUT2D eigenvalue weighted by Crippen LogP contribution is 2.33. The minimum Gasteiger partial charge on any atom is -0.482 e. The molecule has 0 spiro atoms. The first kappa shape index (κ1) is 15.8. The molecule has 0 aromatic heterocycles. The molecule has 2 aliphatic rings. The second kappa shape index (κ2) is 6.67. The molecule has 0 unspecified atom stereocenters. The van der Waals surface area contributed by atoms with Crippen LogP contribution in [0.5, 0.6) is 11.5 Å². The van der Waals surface area contributed by atoms with Crippen LogP contribution in [-0.4, -0.2) is 31.2 Å². The van der Waals surface area contributed by atoms with Crippen molar-refractivity contribution in [2.75, 3.05) is 23.3 Å². The van der Waals surface area contributed by atoms with E-state index in [0.717, 1.165) is 18.8 Å². The van der Waals surface area contributed by atoms with Gasteiger partial charge in [0.05, 0.1) is 0 Å². The molecule has 1 saturated heterocycles. The number of benzene rings is 2. The molecule has 2 aliphatic heterocycles. The molecular weight excluding hydrogens is 316 g/mol. The van der Waals surface area contributed by atoms with Crippen LogP contribution in [0.4, 0.5) is 11.4 Å². The highest BCUT2D eigenvalue weighted by Gasteiger charge is 2.34. The highest BCUT2D eigenvalue weighted by molar-refractivity contribution is 5.95. The summed E-state index contributed by atoms with van der Waals surface area (Å²) < 4.78 is 11.6. The maximum absolute atomic E-state index is 12.6. The molecule has 0 aliphatic carbocycles. The number of hydrogen-bond donors (Lipinski definition) is 1. The molecule has 2 aromatic rings. The van der Waals surface area contributed by atoms with Crippen LogP contribution in [0.3, 0.4) is 0 Å². The maximum atomic E-state index is 12.6. The molecule has 0 radical (unpaired) electrons. The van der Waals surface area contributed by atoms with E-state index in [1.54, 1.807) is 0 Å². The van der Waals surface area contributed by atoms with E-state index in [2.05, 4.69) is 22.3 Å². The minimum atomic E-state index is -0.673. The van der Waals surface area contributed by atoms with Gasteiger partial charge in [-0.3, -0.25) is 4.79 Å². The maximum Gasteiger partial charge on any atom is 0.269 e. The zero-order chi connectivity index (χ0) is 17.2. The second-order valence-corrected chi connectivity index (χ2v) is 6.54. The molecule has 0 bridgehead atoms. The Morgan fingerprint density at radius 1 is 1.00 bits per heavy atom. The first-order valence-electron chi connectivity index (χ1n) is 8.79. The van der Waals surface area contributed by atoms with Crippen LogP contribution < -0.4 is 19.7 Å². The number of ether oxygens (including phenoxy) is 2. The third-order valence-corrected chi connectivity index (χ3v) is 4.71. The van der Waals surface area contributed by atoms with Crippen LogP contribution in [0, 0.1) is 0 Å². The van der Waals surface area contributed by atoms with Gasteiger partial charge in [-0.2, -0.15) is 0 Å². The van der Waals surface area contributed by atoms with E-state index in [-0.39, 0.29) is 12.0 Å². The summed E-state index contributed by atoms with van der Waals surface area (Å²) in [7, 11) is 0. The van der Waals surface area contributed by atoms with Gasteiger partial charge in [-0.15, -0.1) is 0 Å². The Morgan fingerprint density at radius 2 is 1.64 bits per heavy atom. The largest absolute Gasteiger partial charge is 0.482 e. The van der Waals surface area contributed by atoms with Gasteiger partial charge in [0.15, 0.2) is 11.5 Å². The van der Waals surface area contributed by atoms with Crippen molar-refractivity contribution < 1.29 is 14.3 Å². The van der Waals surface area contributed by atoms with Crippen LogP contribution in [0.2, 0.25) is 0 Å². The Morgan fingerprint density at radius 3 is 2.32 bits per heavy atom. The summed E-state index contributed by atoms with van der Waals surface area (Å²) in [5.41, 5.74) is 1.97. The smallest absolute Gasteiger partial charge is 0.269 e. The predicted octanol–water partition coefficient (Wildman–Crippen LogP) is 3.45. The molecule has 25 heavy (non-hydrogen) atoms. The van der Waals surface area contributed by atoms with Gasteiger partial charge < -0.3 is 19.7 Å². The van der Waals surface area contributed by atoms with E-state index < -0.39 is 6.10 Å². The summed E-state index contributed by atoms with van der Waals surface area (Å²) in [6.07, 6.45) is 1.47. The summed E-state index contributed by atoms with van der Waals surface area (Å²) in [6.45, 7) is 4.06. The summed E-state index contributed by atoms with van der Waals surface area (Å²) in [5.74, 6) is 1.08. The van der Waals surface area contributed by atoms with Gasteiger partial charge in [0.25, 0.3) is 5.91 Å². The summed E-state index contributed by atoms with van der Waals surface area (Å²) in [6, 6.07) is 15.4. The van der Waals surface area contributed by atoms with Gasteiger partial charge in [0, 0.05) is 24.5 Å². The number of amides is 1. The molecule has 5 nitrogen and oxygen atoms in total. The SMILES string of the molecule is C[C@@H]1Oc2ccccc2O[C@H]1C(=O)Nc1ccc(N2CCCC2)cc1. The molecule has 2 heterocycles. The van der Waals surface area contributed by atoms with Crippen molar-refractivity contribution in [1.82, 2.24) is 0 Å². The number of fused-ring (bicyclic) bond motifs is 1. The Hall–Kier alpha value is -2.69. The van der Waals surface area contributed by atoms with E-state index in [4.69, 9.17) is 9.47 Å². The lowest BCUT2D eigenvalue weighted by atomic mass is 10.1. The first-order chi connectivity index (χ1) is 12.2. The summed E-state index contributed by atoms with van der Waals surface area (Å²) >= 11 is 0. The lowest BCUT2D eigenvalue weighted by Gasteiger charge is -2.31. The van der Waals surface area contributed by atoms with Crippen molar-refractivity contribution in [3.8, 4) is 11.5 Å². The van der Waals surface area contributed by atoms with Crippen LogP contribution in [0.15, 0.2) is 48.5 Å². The van der Waals surface area contributed by atoms with Crippen LogP contribution in [-0.2, 0) is 4.79 Å². The van der Waals surface area contributed by atoms with Crippen molar-refractivity contribution in [1.29, 1.82) is 0 Å². The molecule has 0 saturated carbocycles. The first-order valence-corrected chi connectivity index (χ1v) is 8.79. The molecule has 130 valence electrons. The van der Waals surface area contributed by atoms with Crippen LogP contribution >= 0.6 is 0 Å². The Bertz CT molecular complexity index is 754. The fraction of sp³-hybridized carbons (Fsp3) is 0.350. The topological polar surface area (TPSA) is 50.8 Å². The lowest BCUT2D eigenvalue weighted by Crippen LogP contribution is -2.46. The quantitative estimate of drug-likeness (QED) is 0.931. The average molecular weight is 338 g/mol. The van der Waals surface area contributed by atoms with Crippen molar-refractivity contribution in [2.45, 2.75) is 32.0 Å². The van der Waals surface area contributed by atoms with E-state index in [1.807, 2.05) is 43.3 Å². The molecule has 4 rings (SSSR count). The number of carbonyl (C=O) groups excluding carboxylic acids is 1. The van der Waals surface area contributed by atoms with Crippen molar-refractivity contribution >= 4 is 17.3 Å². The standard InChI is InChI=1S/C20H22N2O3/c1-14-19(25-18-7-3-2-6-17(18)24-14)20(23)21-15-8-10-16(11-9-15)22-12-4-5-13-22/h2-3,6-11,14,19H,4-5,12-13H2,1H3,(H,21,23)/t14-,19+/m0/s1. The fourth-order valence-electron chi connectivity index (χ4n) is 3.35. The number of carbonyl (C=O) groups is 1. The molecule has 5 heteroatoms. The van der Waals surface area contributed by atoms with E-state index in [0.29, 0.717) is 11.5 Å². The minimum absolute atomic E-state index is 0.198. The van der Waals surface area contributed by atoms with E-state index in [1.165, 1.54) is 18.5 Å². The average Bonchev–Trinajstić information content (AvgIpc) is 3.16. The normalized spacial score (nSPS) is 21.9. The third kappa shape index (κ3) is 3.27. The van der Waals surface area contributed by atoms with Gasteiger partial charge in [-0.05, 0) is 56.2 Å². The third-order valence-electron chi connectivity index (χ3n) is 4.71. The second-order valence-electron chi connectivity index (χ2n) is 6.54. The van der Waals surface area contributed by atoms with E-state index >= 15 is 0 Å². The lowest BCUT2D eigenvalue weighted by molar-refractivity contribution is -0.128. The van der Waals surface area contributed by atoms with Gasteiger partial charge >= 0.3 is 0 Å². The molecular formula is C20H22N2O3. The zero-order valence-corrected chi connectivity index (χ0v) is 14.3. The molecule has 2 aromatic carbocycles. The van der Waals surface area contributed by atoms with Crippen molar-refractivity contribution in [2.24, 2.45) is 0 Å². The Kier molecular flexibility index (Phi) is 4.22. The van der Waals surface area contributed by atoms with Crippen molar-refractivity contribution in [3.05, 3.63) is 48.5 Å². The Labute approximate surface area is 147 Å². The van der Waals surface area contributed by atoms with Gasteiger partial charge in [-0.1, -0.05) is 12.1 Å². The fourth-order valence-corrected chi connectivity index (χ4v) is 3.35. The number of nitrogens with one attached hydrogen (secondary N) is 1. The number of anilines is 2. The van der Waals surface area contributed by atoms with Gasteiger partial charge in [0.2, 0.25) is 6.10 Å². The van der Waals surface area contributed by atoms with Crippen LogP contribution in [0.1, 0.15) is 19.8 Å². The number of para-hydroxylation sites is 2. The molecule has 1 fully saturated rings. The monoisotopic (exact) mass is 338 g/mol. The predicted molar refractivity (Wildman–Crippen MR) is 97.5 cm³/mol. The molecule has 1 amide bonds. The number of rotatable bonds is 3. The summed E-state index contributed by atoms with van der Waals surface area (Å²) in [4.78, 5) is 15.0. The van der Waals surface area contributed by atoms with Crippen LogP contribution in [0.25, 0.3) is 0 Å².